The average Bonchev–Trinajstić information content (AvgIpc) is 3.34. The fourth-order valence-corrected chi connectivity index (χ4v) is 5.11. The molecular formula is C27H21N. The highest BCUT2D eigenvalue weighted by Gasteiger charge is 2.37. The largest absolute Gasteiger partial charge is 0.302 e. The van der Waals surface area contributed by atoms with Crippen LogP contribution in [-0.4, -0.2) is 4.57 Å². The highest BCUT2D eigenvalue weighted by molar-refractivity contribution is 6.16. The standard InChI is InChI=1S/C27H21N/c1-17-12-13-18(16-17)28-24-11-7-5-8-19(24)20-14-15-23-25(26(20)28)21-9-4-6-10-22(21)27(23,2)3/h4-12,14-16H,1-3H3. The van der Waals surface area contributed by atoms with Crippen LogP contribution in [0.1, 0.15) is 31.9 Å². The molecule has 0 N–H and O–H groups in total. The van der Waals surface area contributed by atoms with Crippen LogP contribution in [0.4, 0.5) is 0 Å². The third kappa shape index (κ3) is 1.82. The number of aromatic nitrogens is 1. The first-order valence-corrected chi connectivity index (χ1v) is 9.89. The summed E-state index contributed by atoms with van der Waals surface area (Å²) >= 11 is 0. The van der Waals surface area contributed by atoms with E-state index in [1.54, 1.807) is 0 Å². The number of allylic oxidation sites excluding steroid dienone is 3. The van der Waals surface area contributed by atoms with E-state index in [1.807, 2.05) is 0 Å². The zero-order valence-corrected chi connectivity index (χ0v) is 16.4. The van der Waals surface area contributed by atoms with Crippen molar-refractivity contribution >= 4 is 27.5 Å². The van der Waals surface area contributed by atoms with Gasteiger partial charge < -0.3 is 4.57 Å². The molecule has 3 aromatic carbocycles. The Hall–Kier alpha value is -3.28. The van der Waals surface area contributed by atoms with Gasteiger partial charge in [0.15, 0.2) is 0 Å². The summed E-state index contributed by atoms with van der Waals surface area (Å²) in [6.07, 6.45) is 4.31. The van der Waals surface area contributed by atoms with E-state index in [4.69, 9.17) is 0 Å². The Kier molecular flexibility index (Phi) is 2.90. The van der Waals surface area contributed by atoms with Crippen LogP contribution < -0.4 is 0 Å². The van der Waals surface area contributed by atoms with Crippen molar-refractivity contribution in [3.8, 4) is 11.1 Å². The van der Waals surface area contributed by atoms with Crippen LogP contribution in [0, 0.1) is 0 Å². The van der Waals surface area contributed by atoms with Crippen molar-refractivity contribution in [1.82, 2.24) is 4.57 Å². The van der Waals surface area contributed by atoms with Crippen molar-refractivity contribution < 1.29 is 0 Å². The fourth-order valence-electron chi connectivity index (χ4n) is 5.11. The normalized spacial score (nSPS) is 16.4. The highest BCUT2D eigenvalue weighted by Crippen LogP contribution is 2.52. The smallest absolute Gasteiger partial charge is 0.0894 e. The molecule has 0 spiro atoms. The lowest BCUT2D eigenvalue weighted by Crippen LogP contribution is -2.14. The van der Waals surface area contributed by atoms with Gasteiger partial charge in [-0.2, -0.15) is 0 Å². The summed E-state index contributed by atoms with van der Waals surface area (Å²) in [7, 11) is 0. The van der Waals surface area contributed by atoms with E-state index in [2.05, 4.69) is 104 Å². The van der Waals surface area contributed by atoms with Crippen LogP contribution in [-0.2, 0) is 5.41 Å². The van der Waals surface area contributed by atoms with Crippen molar-refractivity contribution in [3.05, 3.63) is 95.2 Å². The first-order chi connectivity index (χ1) is 13.6. The molecule has 28 heavy (non-hydrogen) atoms. The van der Waals surface area contributed by atoms with Gasteiger partial charge in [0, 0.05) is 21.8 Å². The van der Waals surface area contributed by atoms with E-state index < -0.39 is 0 Å². The molecule has 0 amide bonds. The summed E-state index contributed by atoms with van der Waals surface area (Å²) in [4.78, 5) is 0. The van der Waals surface area contributed by atoms with Crippen LogP contribution in [0.5, 0.6) is 0 Å². The molecule has 2 aliphatic carbocycles. The number of hydrogen-bond donors (Lipinski definition) is 0. The Morgan fingerprint density at radius 1 is 0.821 bits per heavy atom. The van der Waals surface area contributed by atoms with Crippen LogP contribution in [0.15, 0.2) is 84.1 Å². The van der Waals surface area contributed by atoms with Gasteiger partial charge in [-0.05, 0) is 47.4 Å². The monoisotopic (exact) mass is 359 g/mol. The van der Waals surface area contributed by atoms with Gasteiger partial charge in [0.05, 0.1) is 16.7 Å². The topological polar surface area (TPSA) is 4.93 Å². The minimum Gasteiger partial charge on any atom is -0.302 e. The molecule has 0 unspecified atom stereocenters. The zero-order valence-electron chi connectivity index (χ0n) is 16.4. The summed E-state index contributed by atoms with van der Waals surface area (Å²) in [5, 5.41) is 2.61. The Balaban J connectivity index is 1.87. The Morgan fingerprint density at radius 3 is 2.43 bits per heavy atom. The number of fused-ring (bicyclic) bond motifs is 7. The molecule has 0 radical (unpaired) electrons. The average molecular weight is 359 g/mol. The Labute approximate surface area is 164 Å². The van der Waals surface area contributed by atoms with Gasteiger partial charge in [-0.3, -0.25) is 0 Å². The van der Waals surface area contributed by atoms with E-state index in [1.165, 1.54) is 49.6 Å². The third-order valence-electron chi connectivity index (χ3n) is 6.43. The molecule has 6 rings (SSSR count). The second-order valence-electron chi connectivity index (χ2n) is 8.47. The van der Waals surface area contributed by atoms with Crippen LogP contribution in [0.2, 0.25) is 0 Å². The minimum atomic E-state index is 0.00700. The number of nitrogens with zero attached hydrogens (tertiary/aromatic N) is 1. The van der Waals surface area contributed by atoms with Gasteiger partial charge in [-0.1, -0.05) is 74.2 Å². The van der Waals surface area contributed by atoms with E-state index in [0.717, 1.165) is 5.70 Å². The molecular weight excluding hydrogens is 338 g/mol. The van der Waals surface area contributed by atoms with E-state index in [0.29, 0.717) is 0 Å². The predicted molar refractivity (Wildman–Crippen MR) is 119 cm³/mol. The molecule has 0 bridgehead atoms. The highest BCUT2D eigenvalue weighted by atomic mass is 15.0. The maximum absolute atomic E-state index is 3.49. The fraction of sp³-hybridized carbons (Fsp3) is 0.148. The summed E-state index contributed by atoms with van der Waals surface area (Å²) in [5.41, 5.74) is 14.0. The molecule has 1 nitrogen and oxygen atoms in total. The molecule has 1 heterocycles. The molecule has 1 aromatic heterocycles. The van der Waals surface area contributed by atoms with Crippen LogP contribution in [0.25, 0.3) is 38.6 Å². The van der Waals surface area contributed by atoms with E-state index >= 15 is 0 Å². The maximum atomic E-state index is 3.49. The first kappa shape index (κ1) is 15.7. The molecule has 134 valence electrons. The predicted octanol–water partition coefficient (Wildman–Crippen LogP) is 7.06. The first-order valence-electron chi connectivity index (χ1n) is 9.89. The lowest BCUT2D eigenvalue weighted by Gasteiger charge is -2.21. The number of para-hydroxylation sites is 1. The second-order valence-corrected chi connectivity index (χ2v) is 8.47. The van der Waals surface area contributed by atoms with Gasteiger partial charge in [0.2, 0.25) is 0 Å². The van der Waals surface area contributed by atoms with Gasteiger partial charge >= 0.3 is 0 Å². The summed E-state index contributed by atoms with van der Waals surface area (Å²) < 4.78 is 2.41. The van der Waals surface area contributed by atoms with Crippen molar-refractivity contribution in [1.29, 1.82) is 0 Å². The van der Waals surface area contributed by atoms with Crippen molar-refractivity contribution in [2.24, 2.45) is 0 Å². The molecule has 0 saturated carbocycles. The summed E-state index contributed by atoms with van der Waals surface area (Å²) in [6, 6.07) is 22.3. The molecule has 1 heteroatoms. The maximum Gasteiger partial charge on any atom is 0.0894 e. The third-order valence-corrected chi connectivity index (χ3v) is 6.43. The molecule has 4 aromatic rings. The van der Waals surface area contributed by atoms with Gasteiger partial charge in [-0.15, -0.1) is 0 Å². The number of benzene rings is 3. The number of rotatable bonds is 1. The summed E-state index contributed by atoms with van der Waals surface area (Å²) in [5.74, 6) is 0. The van der Waals surface area contributed by atoms with Crippen LogP contribution in [0.3, 0.4) is 0 Å². The van der Waals surface area contributed by atoms with Gasteiger partial charge in [0.1, 0.15) is 0 Å². The zero-order chi connectivity index (χ0) is 19.0. The van der Waals surface area contributed by atoms with Crippen LogP contribution >= 0.6 is 0 Å². The molecule has 0 fully saturated rings. The quantitative estimate of drug-likeness (QED) is 0.321. The van der Waals surface area contributed by atoms with E-state index in [-0.39, 0.29) is 5.41 Å². The SMILES string of the molecule is CC1=CC(n2c3ccccc3c3ccc4c(c32)-c2ccccc2C4(C)C)=C=C1. The molecule has 2 aliphatic rings. The van der Waals surface area contributed by atoms with E-state index in [9.17, 15) is 0 Å². The van der Waals surface area contributed by atoms with Crippen molar-refractivity contribution in [3.63, 3.8) is 0 Å². The van der Waals surface area contributed by atoms with Gasteiger partial charge in [0.25, 0.3) is 0 Å². The minimum absolute atomic E-state index is 0.00700. The molecule has 0 aliphatic heterocycles. The Bertz CT molecular complexity index is 1420. The molecule has 0 saturated heterocycles. The lowest BCUT2D eigenvalue weighted by molar-refractivity contribution is 0.661. The van der Waals surface area contributed by atoms with Gasteiger partial charge in [-0.25, -0.2) is 0 Å². The summed E-state index contributed by atoms with van der Waals surface area (Å²) in [6.45, 7) is 6.82. The van der Waals surface area contributed by atoms with Crippen molar-refractivity contribution in [2.45, 2.75) is 26.2 Å². The Morgan fingerprint density at radius 2 is 1.61 bits per heavy atom. The molecule has 0 atom stereocenters. The number of hydrogen-bond acceptors (Lipinski definition) is 0. The van der Waals surface area contributed by atoms with Crippen molar-refractivity contribution in [2.75, 3.05) is 0 Å². The lowest BCUT2D eigenvalue weighted by atomic mass is 9.82. The second kappa shape index (κ2) is 5.16.